The van der Waals surface area contributed by atoms with Gasteiger partial charge in [0.1, 0.15) is 0 Å². The topological polar surface area (TPSA) is 61.9 Å². The molecule has 1 heterocycles. The van der Waals surface area contributed by atoms with Crippen LogP contribution in [0.5, 0.6) is 0 Å². The first-order valence-corrected chi connectivity index (χ1v) is 9.09. The maximum absolute atomic E-state index is 13.8. The fraction of sp³-hybridized carbons (Fsp3) is 0.300. The van der Waals surface area contributed by atoms with Crippen molar-refractivity contribution in [2.24, 2.45) is 0 Å². The summed E-state index contributed by atoms with van der Waals surface area (Å²) < 4.78 is 58.8. The van der Waals surface area contributed by atoms with Gasteiger partial charge in [-0.25, -0.2) is 17.6 Å². The van der Waals surface area contributed by atoms with Crippen molar-refractivity contribution in [2.75, 3.05) is 50.1 Å². The second-order valence-electron chi connectivity index (χ2n) is 6.70. The standard InChI is InChI=1S/C20H19F4N3O3/c1-26(20(29)14-10-15(21)18(23)19(24)17(14)22)11-16(28)25-12-2-4-13(5-3-12)27-6-8-30-9-7-27/h2-5,10H,6-9,11H2,1H3,(H,25,28). The van der Waals surface area contributed by atoms with Crippen LogP contribution >= 0.6 is 0 Å². The highest BCUT2D eigenvalue weighted by Crippen LogP contribution is 2.21. The first-order valence-electron chi connectivity index (χ1n) is 9.09. The molecule has 1 fully saturated rings. The summed E-state index contributed by atoms with van der Waals surface area (Å²) >= 11 is 0. The molecule has 2 aromatic carbocycles. The summed E-state index contributed by atoms with van der Waals surface area (Å²) in [6, 6.07) is 7.29. The van der Waals surface area contributed by atoms with Crippen LogP contribution in [-0.2, 0) is 9.53 Å². The van der Waals surface area contributed by atoms with Gasteiger partial charge in [0.15, 0.2) is 23.3 Å². The first-order chi connectivity index (χ1) is 14.3. The van der Waals surface area contributed by atoms with E-state index in [-0.39, 0.29) is 6.07 Å². The van der Waals surface area contributed by atoms with Gasteiger partial charge in [-0.3, -0.25) is 9.59 Å². The van der Waals surface area contributed by atoms with E-state index in [9.17, 15) is 27.2 Å². The van der Waals surface area contributed by atoms with Crippen LogP contribution in [0.4, 0.5) is 28.9 Å². The molecule has 0 unspecified atom stereocenters. The number of anilines is 2. The van der Waals surface area contributed by atoms with Crippen LogP contribution in [0.1, 0.15) is 10.4 Å². The van der Waals surface area contributed by atoms with Gasteiger partial charge in [-0.2, -0.15) is 0 Å². The van der Waals surface area contributed by atoms with Crippen molar-refractivity contribution in [3.05, 3.63) is 59.2 Å². The van der Waals surface area contributed by atoms with Crippen LogP contribution in [0.3, 0.4) is 0 Å². The zero-order valence-electron chi connectivity index (χ0n) is 16.1. The number of hydrogen-bond donors (Lipinski definition) is 1. The van der Waals surface area contributed by atoms with Crippen molar-refractivity contribution >= 4 is 23.2 Å². The highest BCUT2D eigenvalue weighted by Gasteiger charge is 2.25. The van der Waals surface area contributed by atoms with E-state index in [1.165, 1.54) is 0 Å². The Balaban J connectivity index is 1.61. The van der Waals surface area contributed by atoms with E-state index in [0.29, 0.717) is 18.9 Å². The third-order valence-electron chi connectivity index (χ3n) is 4.59. The van der Waals surface area contributed by atoms with Gasteiger partial charge in [-0.05, 0) is 30.3 Å². The van der Waals surface area contributed by atoms with Gasteiger partial charge in [0.05, 0.1) is 25.3 Å². The average Bonchev–Trinajstić information content (AvgIpc) is 2.75. The van der Waals surface area contributed by atoms with Crippen LogP contribution in [-0.4, -0.2) is 56.6 Å². The van der Waals surface area contributed by atoms with Gasteiger partial charge in [-0.1, -0.05) is 0 Å². The summed E-state index contributed by atoms with van der Waals surface area (Å²) in [7, 11) is 1.15. The van der Waals surface area contributed by atoms with E-state index in [4.69, 9.17) is 4.74 Å². The fourth-order valence-corrected chi connectivity index (χ4v) is 3.00. The number of rotatable bonds is 5. The predicted octanol–water partition coefficient (Wildman–Crippen LogP) is 2.79. The summed E-state index contributed by atoms with van der Waals surface area (Å²) in [6.07, 6.45) is 0. The third kappa shape index (κ3) is 4.70. The lowest BCUT2D eigenvalue weighted by atomic mass is 10.1. The molecule has 160 valence electrons. The molecule has 0 bridgehead atoms. The van der Waals surface area contributed by atoms with Crippen molar-refractivity contribution in [1.29, 1.82) is 0 Å². The lowest BCUT2D eigenvalue weighted by Crippen LogP contribution is -2.36. The van der Waals surface area contributed by atoms with E-state index in [0.717, 1.165) is 30.7 Å². The SMILES string of the molecule is CN(CC(=O)Nc1ccc(N2CCOCC2)cc1)C(=O)c1cc(F)c(F)c(F)c1F. The molecule has 3 rings (SSSR count). The number of morpholine rings is 1. The lowest BCUT2D eigenvalue weighted by molar-refractivity contribution is -0.116. The molecule has 10 heteroatoms. The van der Waals surface area contributed by atoms with Crippen LogP contribution in [0.15, 0.2) is 30.3 Å². The third-order valence-corrected chi connectivity index (χ3v) is 4.59. The van der Waals surface area contributed by atoms with Crippen molar-refractivity contribution in [3.63, 3.8) is 0 Å². The zero-order valence-corrected chi connectivity index (χ0v) is 16.1. The number of carbonyl (C=O) groups is 2. The molecule has 2 amide bonds. The molecule has 6 nitrogen and oxygen atoms in total. The van der Waals surface area contributed by atoms with Gasteiger partial charge in [0.25, 0.3) is 5.91 Å². The largest absolute Gasteiger partial charge is 0.378 e. The minimum Gasteiger partial charge on any atom is -0.378 e. The molecule has 0 spiro atoms. The average molecular weight is 425 g/mol. The molecular weight excluding hydrogens is 406 g/mol. The molecule has 1 aliphatic heterocycles. The van der Waals surface area contributed by atoms with Crippen molar-refractivity contribution < 1.29 is 31.9 Å². The number of nitrogens with zero attached hydrogens (tertiary/aromatic N) is 2. The number of benzene rings is 2. The predicted molar refractivity (Wildman–Crippen MR) is 101 cm³/mol. The van der Waals surface area contributed by atoms with Crippen LogP contribution < -0.4 is 10.2 Å². The Morgan fingerprint density at radius 3 is 2.30 bits per heavy atom. The molecule has 0 aromatic heterocycles. The Morgan fingerprint density at radius 1 is 1.03 bits per heavy atom. The minimum atomic E-state index is -2.09. The van der Waals surface area contributed by atoms with E-state index in [2.05, 4.69) is 10.2 Å². The number of likely N-dealkylation sites (N-methyl/N-ethyl adjacent to an activating group) is 1. The molecule has 1 N–H and O–H groups in total. The highest BCUT2D eigenvalue weighted by atomic mass is 19.2. The maximum atomic E-state index is 13.8. The Hall–Kier alpha value is -3.14. The number of ether oxygens (including phenoxy) is 1. The summed E-state index contributed by atoms with van der Waals surface area (Å²) in [6.45, 7) is 2.30. The van der Waals surface area contributed by atoms with Crippen LogP contribution in [0.2, 0.25) is 0 Å². The van der Waals surface area contributed by atoms with E-state index < -0.39 is 47.2 Å². The number of nitrogens with one attached hydrogen (secondary N) is 1. The van der Waals surface area contributed by atoms with Gasteiger partial charge in [0, 0.05) is 31.5 Å². The quantitative estimate of drug-likeness (QED) is 0.455. The number of amides is 2. The second-order valence-corrected chi connectivity index (χ2v) is 6.70. The molecule has 0 saturated carbocycles. The zero-order chi connectivity index (χ0) is 21.8. The molecule has 2 aromatic rings. The molecule has 0 atom stereocenters. The van der Waals surface area contributed by atoms with E-state index in [1.54, 1.807) is 12.1 Å². The fourth-order valence-electron chi connectivity index (χ4n) is 3.00. The first kappa shape index (κ1) is 21.6. The molecular formula is C20H19F4N3O3. The van der Waals surface area contributed by atoms with Gasteiger partial charge < -0.3 is 19.9 Å². The minimum absolute atomic E-state index is 0.259. The monoisotopic (exact) mass is 425 g/mol. The Bertz CT molecular complexity index is 947. The summed E-state index contributed by atoms with van der Waals surface area (Å²) in [5, 5.41) is 2.58. The smallest absolute Gasteiger partial charge is 0.257 e. The van der Waals surface area contributed by atoms with Crippen molar-refractivity contribution in [3.8, 4) is 0 Å². The molecule has 1 aliphatic rings. The van der Waals surface area contributed by atoms with E-state index >= 15 is 0 Å². The Morgan fingerprint density at radius 2 is 1.67 bits per heavy atom. The van der Waals surface area contributed by atoms with Crippen LogP contribution in [0, 0.1) is 23.3 Å². The molecule has 30 heavy (non-hydrogen) atoms. The Kier molecular flexibility index (Phi) is 6.56. The molecule has 0 radical (unpaired) electrons. The molecule has 1 saturated heterocycles. The van der Waals surface area contributed by atoms with E-state index in [1.807, 2.05) is 12.1 Å². The van der Waals surface area contributed by atoms with Crippen LogP contribution in [0.25, 0.3) is 0 Å². The number of carbonyl (C=O) groups excluding carboxylic acids is 2. The van der Waals surface area contributed by atoms with Crippen molar-refractivity contribution in [2.45, 2.75) is 0 Å². The second kappa shape index (κ2) is 9.12. The molecule has 0 aliphatic carbocycles. The summed E-state index contributed by atoms with van der Waals surface area (Å²) in [4.78, 5) is 27.3. The maximum Gasteiger partial charge on any atom is 0.257 e. The van der Waals surface area contributed by atoms with Gasteiger partial charge >= 0.3 is 0 Å². The highest BCUT2D eigenvalue weighted by molar-refractivity contribution is 5.99. The normalized spacial score (nSPS) is 13.8. The van der Waals surface area contributed by atoms with Gasteiger partial charge in [-0.15, -0.1) is 0 Å². The number of hydrogen-bond acceptors (Lipinski definition) is 4. The summed E-state index contributed by atoms with van der Waals surface area (Å²) in [5.41, 5.74) is 0.443. The van der Waals surface area contributed by atoms with Gasteiger partial charge in [0.2, 0.25) is 5.91 Å². The number of halogens is 4. The Labute approximate surface area is 170 Å². The lowest BCUT2D eigenvalue weighted by Gasteiger charge is -2.28. The summed E-state index contributed by atoms with van der Waals surface area (Å²) in [5.74, 6) is -9.38. The van der Waals surface area contributed by atoms with Crippen molar-refractivity contribution in [1.82, 2.24) is 4.90 Å².